The molecule has 0 bridgehead atoms. The van der Waals surface area contributed by atoms with Gasteiger partial charge in [-0.3, -0.25) is 0 Å². The summed E-state index contributed by atoms with van der Waals surface area (Å²) in [5.74, 6) is 0.876. The van der Waals surface area contributed by atoms with Gasteiger partial charge in [0.05, 0.1) is 0 Å². The van der Waals surface area contributed by atoms with Crippen LogP contribution in [0.15, 0.2) is 175 Å². The quantitative estimate of drug-likeness (QED) is 0.213. The molecule has 0 radical (unpaired) electrons. The van der Waals surface area contributed by atoms with Crippen molar-refractivity contribution in [1.29, 1.82) is 0 Å². The number of benzene rings is 6. The van der Waals surface area contributed by atoms with Gasteiger partial charge in [-0.05, 0) is 0 Å². The molecule has 2 aliphatic rings. The van der Waals surface area contributed by atoms with Gasteiger partial charge in [0.1, 0.15) is 0 Å². The fraction of sp³-hybridized carbons (Fsp3) is 0.130. The van der Waals surface area contributed by atoms with Gasteiger partial charge in [-0.25, -0.2) is 0 Å². The maximum atomic E-state index is 2.61. The third kappa shape index (κ3) is 6.76. The molecule has 4 heteroatoms. The molecule has 0 aromatic heterocycles. The molecule has 0 N–H and O–H groups in total. The summed E-state index contributed by atoms with van der Waals surface area (Å²) in [6.45, 7) is 9.90. The second-order valence-electron chi connectivity index (χ2n) is 13.4. The van der Waals surface area contributed by atoms with Crippen LogP contribution in [0.1, 0.15) is 38.8 Å². The van der Waals surface area contributed by atoms with Gasteiger partial charge in [0, 0.05) is 0 Å². The van der Waals surface area contributed by atoms with E-state index in [1.54, 1.807) is 19.9 Å². The maximum absolute atomic E-state index is 2.61. The van der Waals surface area contributed by atoms with Gasteiger partial charge in [0.15, 0.2) is 0 Å². The Balaban J connectivity index is 0.00000216. The van der Waals surface area contributed by atoms with Gasteiger partial charge in [-0.1, -0.05) is 0 Å². The van der Waals surface area contributed by atoms with E-state index in [9.17, 15) is 0 Å². The molecule has 50 heavy (non-hydrogen) atoms. The third-order valence-electron chi connectivity index (χ3n) is 10.4. The first-order valence-corrected chi connectivity index (χ1v) is 29.2. The summed E-state index contributed by atoms with van der Waals surface area (Å²) in [5, 5.41) is 5.25. The Morgan fingerprint density at radius 1 is 0.440 bits per heavy atom. The average Bonchev–Trinajstić information content (AvgIpc) is 3.60. The number of rotatable bonds is 6. The van der Waals surface area contributed by atoms with Crippen LogP contribution in [0.3, 0.4) is 0 Å². The number of hydrogen-bond donors (Lipinski definition) is 0. The average molecular weight is 828 g/mol. The van der Waals surface area contributed by atoms with E-state index < -0.39 is 28.6 Å². The van der Waals surface area contributed by atoms with Crippen LogP contribution in [-0.2, 0) is 18.6 Å². The molecular weight excluding hydrogens is 787 g/mol. The Bertz CT molecular complexity index is 2220. The molecule has 2 unspecified atom stereocenters. The Labute approximate surface area is 318 Å². The molecule has 0 fully saturated rings. The summed E-state index contributed by atoms with van der Waals surface area (Å²) in [7, 11) is -2.04. The third-order valence-corrected chi connectivity index (χ3v) is 42.4. The van der Waals surface area contributed by atoms with Crippen LogP contribution in [0.25, 0.3) is 32.7 Å². The van der Waals surface area contributed by atoms with Crippen molar-refractivity contribution < 1.29 is 43.4 Å². The first-order chi connectivity index (χ1) is 23.5. The maximum Gasteiger partial charge on any atom is -1.00 e. The van der Waals surface area contributed by atoms with Crippen molar-refractivity contribution in [1.82, 2.24) is 0 Å². The van der Waals surface area contributed by atoms with Crippen molar-refractivity contribution in [3.05, 3.63) is 187 Å². The van der Waals surface area contributed by atoms with Gasteiger partial charge >= 0.3 is 296 Å². The molecule has 0 saturated heterocycles. The molecular formula is C46H40Cl2GeZr. The molecule has 0 spiro atoms. The minimum Gasteiger partial charge on any atom is -1.00 e. The molecule has 246 valence electrons. The first-order valence-electron chi connectivity index (χ1n) is 17.2. The molecule has 2 atom stereocenters. The van der Waals surface area contributed by atoms with E-state index >= 15 is 0 Å². The van der Waals surface area contributed by atoms with Crippen molar-refractivity contribution in [2.45, 2.75) is 27.7 Å². The molecule has 6 aromatic rings. The Kier molecular flexibility index (Phi) is 11.4. The SMILES string of the molecule is CC1=[C]([Zr+2]([C]2=C(C)C(c3ccc4ccccc4c3)=CC2C)=[Ge]([c]2ccccc2)[c]2ccccc2)C(C)C=C1c1ccc2ccccc2c1.[Cl-].[Cl-]. The number of allylic oxidation sites excluding steroid dienone is 8. The summed E-state index contributed by atoms with van der Waals surface area (Å²) >= 11 is -2.61. The van der Waals surface area contributed by atoms with Crippen molar-refractivity contribution in [3.63, 3.8) is 0 Å². The number of hydrogen-bond acceptors (Lipinski definition) is 0. The van der Waals surface area contributed by atoms with E-state index in [2.05, 4.69) is 185 Å². The zero-order valence-electron chi connectivity index (χ0n) is 28.9. The Morgan fingerprint density at radius 3 is 1.20 bits per heavy atom. The second kappa shape index (κ2) is 15.6. The van der Waals surface area contributed by atoms with Crippen molar-refractivity contribution in [3.8, 4) is 0 Å². The molecule has 0 heterocycles. The van der Waals surface area contributed by atoms with E-state index in [-0.39, 0.29) is 24.8 Å². The first kappa shape index (κ1) is 36.6. The summed E-state index contributed by atoms with van der Waals surface area (Å²) in [6.07, 6.45) is 5.21. The molecule has 8 rings (SSSR count). The van der Waals surface area contributed by atoms with Gasteiger partial charge in [0.2, 0.25) is 0 Å². The van der Waals surface area contributed by atoms with Crippen molar-refractivity contribution in [2.24, 2.45) is 11.8 Å². The van der Waals surface area contributed by atoms with E-state index in [4.69, 9.17) is 0 Å². The normalized spacial score (nSPS) is 16.8. The largest absolute Gasteiger partial charge is 1.00 e. The topological polar surface area (TPSA) is 0 Å². The molecule has 0 aliphatic heterocycles. The zero-order valence-corrected chi connectivity index (χ0v) is 35.0. The van der Waals surface area contributed by atoms with Gasteiger partial charge in [-0.2, -0.15) is 0 Å². The fourth-order valence-corrected chi connectivity index (χ4v) is 48.1. The predicted molar refractivity (Wildman–Crippen MR) is 205 cm³/mol. The van der Waals surface area contributed by atoms with Crippen LogP contribution in [0.5, 0.6) is 0 Å². The van der Waals surface area contributed by atoms with Crippen molar-refractivity contribution in [2.75, 3.05) is 0 Å². The van der Waals surface area contributed by atoms with Gasteiger partial charge in [0.25, 0.3) is 0 Å². The summed E-state index contributed by atoms with van der Waals surface area (Å²) in [4.78, 5) is 0. The summed E-state index contributed by atoms with van der Waals surface area (Å²) in [6, 6.07) is 55.0. The molecule has 0 saturated carbocycles. The second-order valence-corrected chi connectivity index (χ2v) is 34.5. The van der Waals surface area contributed by atoms with Crippen LogP contribution < -0.4 is 33.6 Å². The molecule has 6 aromatic carbocycles. The van der Waals surface area contributed by atoms with E-state index in [1.165, 1.54) is 43.8 Å². The smallest absolute Gasteiger partial charge is 1.00 e. The zero-order chi connectivity index (χ0) is 32.8. The van der Waals surface area contributed by atoms with Gasteiger partial charge in [-0.15, -0.1) is 0 Å². The van der Waals surface area contributed by atoms with Gasteiger partial charge < -0.3 is 24.8 Å². The number of fused-ring (bicyclic) bond motifs is 2. The molecule has 0 nitrogen and oxygen atoms in total. The Morgan fingerprint density at radius 2 is 0.800 bits per heavy atom. The monoisotopic (exact) mass is 826 g/mol. The van der Waals surface area contributed by atoms with E-state index in [0.29, 0.717) is 11.8 Å². The predicted octanol–water partition coefficient (Wildman–Crippen LogP) is 4.74. The minimum atomic E-state index is -2.61. The summed E-state index contributed by atoms with van der Waals surface area (Å²) in [5.41, 5.74) is 8.72. The molecule has 0 amide bonds. The van der Waals surface area contributed by atoms with Crippen LogP contribution >= 0.6 is 0 Å². The molecule has 2 aliphatic carbocycles. The summed E-state index contributed by atoms with van der Waals surface area (Å²) < 4.78 is 6.88. The van der Waals surface area contributed by atoms with E-state index in [0.717, 1.165) is 0 Å². The van der Waals surface area contributed by atoms with Crippen LogP contribution in [0.4, 0.5) is 0 Å². The Hall–Kier alpha value is -3.19. The van der Waals surface area contributed by atoms with Crippen LogP contribution in [-0.4, -0.2) is 9.98 Å². The standard InChI is InChI=1S/2C17H15.C12H10Ge.2ClH.Zr/c2*1-12-9-13(2)17(10-12)16-8-7-14-5-3-4-6-15(14)11-16;1-3-7-11(8-4-1)13-12-9-5-2-6-10-12;;;/h2*3-8,10-12H,1-2H3;1-10H;2*1H;/q;;;;;+2/p-2. The fourth-order valence-electron chi connectivity index (χ4n) is 8.14. The van der Waals surface area contributed by atoms with Crippen LogP contribution in [0.2, 0.25) is 0 Å². The minimum absolute atomic E-state index is 0. The van der Waals surface area contributed by atoms with Crippen molar-refractivity contribution >= 4 is 51.5 Å². The van der Waals surface area contributed by atoms with E-state index in [1.807, 2.05) is 6.56 Å². The number of halogens is 2. The van der Waals surface area contributed by atoms with Crippen LogP contribution in [0, 0.1) is 11.8 Å².